The molecule has 1 fully saturated rings. The van der Waals surface area contributed by atoms with Gasteiger partial charge in [-0.1, -0.05) is 165 Å². The van der Waals surface area contributed by atoms with E-state index in [9.17, 15) is 0 Å². The van der Waals surface area contributed by atoms with E-state index < -0.39 is 7.92 Å². The molecule has 0 amide bonds. The molecule has 1 heteroatoms. The van der Waals surface area contributed by atoms with Gasteiger partial charge in [0.05, 0.1) is 5.16 Å². The summed E-state index contributed by atoms with van der Waals surface area (Å²) in [5, 5.41) is 1.32. The van der Waals surface area contributed by atoms with Gasteiger partial charge in [0.1, 0.15) is 0 Å². The SMILES string of the molecule is C(=C1CCCP(c2ccccc2)C1(c1ccccc1)c1ccccc1)c1ccc(-c2ccccc2)cc1. The zero-order valence-electron chi connectivity index (χ0n) is 21.0. The van der Waals surface area contributed by atoms with Crippen LogP contribution in [0.1, 0.15) is 29.5 Å². The molecule has 1 aliphatic heterocycles. The molecule has 0 saturated carbocycles. The first-order valence-electron chi connectivity index (χ1n) is 13.2. The Balaban J connectivity index is 1.55. The third kappa shape index (κ3) is 4.59. The Kier molecular flexibility index (Phi) is 6.85. The maximum absolute atomic E-state index is 2.49. The fraction of sp³-hybridized carbons (Fsp3) is 0.111. The molecule has 5 aromatic carbocycles. The molecule has 0 radical (unpaired) electrons. The van der Waals surface area contributed by atoms with Gasteiger partial charge >= 0.3 is 0 Å². The second-order valence-corrected chi connectivity index (χ2v) is 12.2. The first-order chi connectivity index (χ1) is 18.4. The Morgan fingerprint density at radius 3 is 1.57 bits per heavy atom. The lowest BCUT2D eigenvalue weighted by Crippen LogP contribution is -2.36. The van der Waals surface area contributed by atoms with E-state index in [4.69, 9.17) is 0 Å². The van der Waals surface area contributed by atoms with Crippen LogP contribution in [0.25, 0.3) is 17.2 Å². The van der Waals surface area contributed by atoms with Gasteiger partial charge in [0.25, 0.3) is 0 Å². The minimum absolute atomic E-state index is 0.157. The predicted molar refractivity (Wildman–Crippen MR) is 161 cm³/mol. The van der Waals surface area contributed by atoms with Crippen molar-refractivity contribution in [2.24, 2.45) is 0 Å². The van der Waals surface area contributed by atoms with Gasteiger partial charge in [0.15, 0.2) is 0 Å². The molecule has 1 aliphatic rings. The summed E-state index contributed by atoms with van der Waals surface area (Å²) in [6.45, 7) is 0. The molecule has 5 aromatic rings. The quantitative estimate of drug-likeness (QED) is 0.214. The smallest absolute Gasteiger partial charge is 0.0622 e. The van der Waals surface area contributed by atoms with Crippen molar-refractivity contribution in [3.63, 3.8) is 0 Å². The van der Waals surface area contributed by atoms with Gasteiger partial charge in [-0.2, -0.15) is 0 Å². The van der Waals surface area contributed by atoms with Crippen LogP contribution in [-0.2, 0) is 5.16 Å². The Morgan fingerprint density at radius 1 is 0.514 bits per heavy atom. The van der Waals surface area contributed by atoms with Crippen molar-refractivity contribution in [1.29, 1.82) is 0 Å². The van der Waals surface area contributed by atoms with Crippen molar-refractivity contribution in [3.05, 3.63) is 168 Å². The predicted octanol–water partition coefficient (Wildman–Crippen LogP) is 9.28. The Labute approximate surface area is 222 Å². The summed E-state index contributed by atoms with van der Waals surface area (Å²) in [6, 6.07) is 53.5. The number of allylic oxidation sites excluding steroid dienone is 1. The van der Waals surface area contributed by atoms with Crippen LogP contribution < -0.4 is 5.30 Å². The van der Waals surface area contributed by atoms with Gasteiger partial charge < -0.3 is 0 Å². The summed E-state index contributed by atoms with van der Waals surface area (Å²) in [5.41, 5.74) is 8.13. The number of rotatable bonds is 5. The van der Waals surface area contributed by atoms with Crippen LogP contribution in [0.3, 0.4) is 0 Å². The number of hydrogen-bond acceptors (Lipinski definition) is 0. The minimum Gasteiger partial charge on any atom is -0.0622 e. The van der Waals surface area contributed by atoms with Crippen LogP contribution in [0.15, 0.2) is 151 Å². The summed E-state index contributed by atoms with van der Waals surface area (Å²) >= 11 is 0. The molecule has 0 aliphatic carbocycles. The molecular formula is C36H31P. The lowest BCUT2D eigenvalue weighted by molar-refractivity contribution is 0.732. The molecule has 1 atom stereocenters. The average molecular weight is 495 g/mol. The molecule has 0 spiro atoms. The van der Waals surface area contributed by atoms with Gasteiger partial charge in [-0.3, -0.25) is 0 Å². The number of benzene rings is 5. The van der Waals surface area contributed by atoms with Crippen LogP contribution in [0.4, 0.5) is 0 Å². The second-order valence-electron chi connectivity index (χ2n) is 9.69. The van der Waals surface area contributed by atoms with Crippen molar-refractivity contribution in [2.45, 2.75) is 18.0 Å². The van der Waals surface area contributed by atoms with Crippen LogP contribution in [0.5, 0.6) is 0 Å². The molecule has 37 heavy (non-hydrogen) atoms. The normalized spacial score (nSPS) is 17.9. The van der Waals surface area contributed by atoms with Gasteiger partial charge in [-0.25, -0.2) is 0 Å². The topological polar surface area (TPSA) is 0 Å². The standard InChI is InChI=1S/C36H31P/c1-5-14-30(15-6-1)31-25-23-29(24-26-31)28-34-20-13-27-37(35-21-11-4-12-22-35)36(34,32-16-7-2-8-17-32)33-18-9-3-10-19-33/h1-12,14-19,21-26,28H,13,20,27H2. The highest BCUT2D eigenvalue weighted by molar-refractivity contribution is 7.67. The van der Waals surface area contributed by atoms with E-state index in [-0.39, 0.29) is 5.16 Å². The molecule has 1 saturated heterocycles. The third-order valence-corrected chi connectivity index (χ3v) is 10.8. The number of hydrogen-bond donors (Lipinski definition) is 0. The molecule has 0 bridgehead atoms. The summed E-state index contributed by atoms with van der Waals surface area (Å²) in [4.78, 5) is 0. The lowest BCUT2D eigenvalue weighted by Gasteiger charge is -2.48. The molecular weight excluding hydrogens is 463 g/mol. The van der Waals surface area contributed by atoms with E-state index in [0.29, 0.717) is 0 Å². The van der Waals surface area contributed by atoms with E-state index in [2.05, 4.69) is 152 Å². The Morgan fingerprint density at radius 2 is 1.00 bits per heavy atom. The van der Waals surface area contributed by atoms with Gasteiger partial charge in [0, 0.05) is 0 Å². The van der Waals surface area contributed by atoms with Crippen molar-refractivity contribution < 1.29 is 0 Å². The van der Waals surface area contributed by atoms with Crippen molar-refractivity contribution in [2.75, 3.05) is 6.16 Å². The molecule has 0 aromatic heterocycles. The molecule has 1 heterocycles. The van der Waals surface area contributed by atoms with Gasteiger partial charge in [-0.15, -0.1) is 0 Å². The Bertz CT molecular complexity index is 1410. The van der Waals surface area contributed by atoms with Crippen LogP contribution in [0.2, 0.25) is 0 Å². The van der Waals surface area contributed by atoms with Crippen LogP contribution in [-0.4, -0.2) is 6.16 Å². The molecule has 0 N–H and O–H groups in total. The summed E-state index contributed by atoms with van der Waals surface area (Å²) < 4.78 is 0. The van der Waals surface area contributed by atoms with E-state index >= 15 is 0 Å². The summed E-state index contributed by atoms with van der Waals surface area (Å²) in [7, 11) is -0.513. The highest BCUT2D eigenvalue weighted by atomic mass is 31.1. The van der Waals surface area contributed by atoms with E-state index in [1.165, 1.54) is 51.3 Å². The first-order valence-corrected chi connectivity index (χ1v) is 14.7. The third-order valence-electron chi connectivity index (χ3n) is 7.51. The van der Waals surface area contributed by atoms with E-state index in [1.54, 1.807) is 0 Å². The maximum atomic E-state index is 2.49. The molecule has 6 rings (SSSR count). The second kappa shape index (κ2) is 10.7. The molecule has 180 valence electrons. The first kappa shape index (κ1) is 23.7. The highest BCUT2D eigenvalue weighted by Crippen LogP contribution is 2.66. The van der Waals surface area contributed by atoms with Gasteiger partial charge in [0.2, 0.25) is 0 Å². The maximum Gasteiger partial charge on any atom is 0.0653 e. The highest BCUT2D eigenvalue weighted by Gasteiger charge is 2.47. The largest absolute Gasteiger partial charge is 0.0653 e. The lowest BCUT2D eigenvalue weighted by atomic mass is 9.80. The van der Waals surface area contributed by atoms with Crippen molar-refractivity contribution in [3.8, 4) is 11.1 Å². The van der Waals surface area contributed by atoms with E-state index in [1.807, 2.05) is 0 Å². The summed E-state index contributed by atoms with van der Waals surface area (Å²) in [6.07, 6.45) is 6.05. The average Bonchev–Trinajstić information content (AvgIpc) is 2.99. The zero-order chi connectivity index (χ0) is 24.9. The van der Waals surface area contributed by atoms with Crippen molar-refractivity contribution >= 4 is 19.3 Å². The monoisotopic (exact) mass is 494 g/mol. The van der Waals surface area contributed by atoms with Gasteiger partial charge in [-0.05, 0) is 52.1 Å². The van der Waals surface area contributed by atoms with E-state index in [0.717, 1.165) is 6.42 Å². The van der Waals surface area contributed by atoms with Crippen LogP contribution >= 0.6 is 7.92 Å². The zero-order valence-corrected chi connectivity index (χ0v) is 21.9. The summed E-state index contributed by atoms with van der Waals surface area (Å²) in [5.74, 6) is 0. The Hall–Kier alpha value is -3.73. The fourth-order valence-corrected chi connectivity index (χ4v) is 9.30. The minimum atomic E-state index is -0.513. The fourth-order valence-electron chi connectivity index (χ4n) is 5.87. The van der Waals surface area contributed by atoms with Crippen molar-refractivity contribution in [1.82, 2.24) is 0 Å². The molecule has 0 nitrogen and oxygen atoms in total. The molecule has 1 unspecified atom stereocenters. The van der Waals surface area contributed by atoms with Crippen LogP contribution in [0, 0.1) is 0 Å².